The van der Waals surface area contributed by atoms with Crippen LogP contribution in [0.5, 0.6) is 5.75 Å². The lowest BCUT2D eigenvalue weighted by atomic mass is 10.1. The molecule has 2 aromatic rings. The fourth-order valence-corrected chi connectivity index (χ4v) is 2.28. The number of hydrogen-bond acceptors (Lipinski definition) is 2. The maximum atomic E-state index is 13.6. The fraction of sp³-hybridized carbons (Fsp3) is 0.316. The highest BCUT2D eigenvalue weighted by molar-refractivity contribution is 14.0. The van der Waals surface area contributed by atoms with E-state index in [4.69, 9.17) is 0 Å². The molecule has 3 N–H and O–H groups in total. The Hall–Kier alpha value is -1.83. The second-order valence-corrected chi connectivity index (χ2v) is 5.63. The average molecular weight is 457 g/mol. The molecule has 25 heavy (non-hydrogen) atoms. The van der Waals surface area contributed by atoms with Crippen LogP contribution in [0.2, 0.25) is 0 Å². The van der Waals surface area contributed by atoms with Gasteiger partial charge in [0.2, 0.25) is 0 Å². The molecule has 0 aliphatic carbocycles. The minimum Gasteiger partial charge on any atom is -0.508 e. The third kappa shape index (κ3) is 7.29. The van der Waals surface area contributed by atoms with E-state index in [9.17, 15) is 9.50 Å². The van der Waals surface area contributed by atoms with Gasteiger partial charge >= 0.3 is 0 Å². The summed E-state index contributed by atoms with van der Waals surface area (Å²) in [7, 11) is 0. The zero-order chi connectivity index (χ0) is 17.4. The zero-order valence-corrected chi connectivity index (χ0v) is 16.9. The number of phenols is 1. The van der Waals surface area contributed by atoms with Gasteiger partial charge in [-0.25, -0.2) is 9.38 Å². The van der Waals surface area contributed by atoms with E-state index < -0.39 is 0 Å². The largest absolute Gasteiger partial charge is 0.508 e. The number of rotatable bonds is 6. The molecule has 0 aromatic heterocycles. The Morgan fingerprint density at radius 2 is 1.92 bits per heavy atom. The molecular formula is C19H25FIN3O. The number of aryl methyl sites for hydroxylation is 1. The minimum atomic E-state index is -0.204. The van der Waals surface area contributed by atoms with Crippen LogP contribution in [0, 0.1) is 12.7 Å². The van der Waals surface area contributed by atoms with E-state index in [-0.39, 0.29) is 35.5 Å². The normalized spacial score (nSPS) is 10.9. The molecular weight excluding hydrogens is 432 g/mol. The van der Waals surface area contributed by atoms with Crippen molar-refractivity contribution in [2.75, 3.05) is 13.1 Å². The number of halogens is 2. The Morgan fingerprint density at radius 3 is 2.60 bits per heavy atom. The van der Waals surface area contributed by atoms with Gasteiger partial charge in [0.15, 0.2) is 5.96 Å². The lowest BCUT2D eigenvalue weighted by Gasteiger charge is -2.11. The number of benzene rings is 2. The van der Waals surface area contributed by atoms with E-state index in [1.807, 2.05) is 25.1 Å². The van der Waals surface area contributed by atoms with Crippen LogP contribution in [0.1, 0.15) is 23.6 Å². The minimum absolute atomic E-state index is 0. The lowest BCUT2D eigenvalue weighted by molar-refractivity contribution is 0.474. The molecule has 2 aromatic carbocycles. The topological polar surface area (TPSA) is 56.7 Å². The maximum absolute atomic E-state index is 13.6. The van der Waals surface area contributed by atoms with E-state index in [1.54, 1.807) is 25.1 Å². The van der Waals surface area contributed by atoms with E-state index in [0.29, 0.717) is 24.6 Å². The van der Waals surface area contributed by atoms with Crippen molar-refractivity contribution < 1.29 is 9.50 Å². The maximum Gasteiger partial charge on any atom is 0.191 e. The predicted molar refractivity (Wildman–Crippen MR) is 111 cm³/mol. The lowest BCUT2D eigenvalue weighted by Crippen LogP contribution is -2.38. The van der Waals surface area contributed by atoms with Gasteiger partial charge in [-0.05, 0) is 55.2 Å². The molecule has 0 aliphatic heterocycles. The third-order valence-corrected chi connectivity index (χ3v) is 3.62. The Labute approximate surface area is 165 Å². The molecule has 0 fully saturated rings. The molecule has 0 amide bonds. The van der Waals surface area contributed by atoms with Crippen molar-refractivity contribution in [2.45, 2.75) is 26.8 Å². The third-order valence-electron chi connectivity index (χ3n) is 3.62. The number of nitrogens with zero attached hydrogens (tertiary/aromatic N) is 1. The molecule has 0 saturated heterocycles. The molecule has 6 heteroatoms. The number of guanidine groups is 1. The summed E-state index contributed by atoms with van der Waals surface area (Å²) in [4.78, 5) is 4.48. The van der Waals surface area contributed by atoms with Crippen molar-refractivity contribution in [3.8, 4) is 5.75 Å². The number of phenolic OH excluding ortho intramolecular Hbond substituents is 1. The van der Waals surface area contributed by atoms with E-state index >= 15 is 0 Å². The van der Waals surface area contributed by atoms with Crippen molar-refractivity contribution in [3.05, 3.63) is 65.0 Å². The van der Waals surface area contributed by atoms with Crippen LogP contribution in [0.25, 0.3) is 0 Å². The molecule has 0 unspecified atom stereocenters. The fourth-order valence-electron chi connectivity index (χ4n) is 2.28. The van der Waals surface area contributed by atoms with Gasteiger partial charge in [0.1, 0.15) is 11.6 Å². The second-order valence-electron chi connectivity index (χ2n) is 5.63. The van der Waals surface area contributed by atoms with Crippen LogP contribution < -0.4 is 10.6 Å². The van der Waals surface area contributed by atoms with Gasteiger partial charge in [0, 0.05) is 13.1 Å². The molecule has 0 spiro atoms. The molecule has 0 saturated carbocycles. The van der Waals surface area contributed by atoms with E-state index in [0.717, 1.165) is 24.1 Å². The van der Waals surface area contributed by atoms with Crippen LogP contribution in [0.15, 0.2) is 47.5 Å². The molecule has 0 heterocycles. The first-order valence-corrected chi connectivity index (χ1v) is 8.13. The molecule has 0 atom stereocenters. The van der Waals surface area contributed by atoms with Gasteiger partial charge in [-0.15, -0.1) is 24.0 Å². The number of nitrogens with one attached hydrogen (secondary N) is 2. The van der Waals surface area contributed by atoms with Crippen molar-refractivity contribution in [2.24, 2.45) is 4.99 Å². The first-order chi connectivity index (χ1) is 11.6. The van der Waals surface area contributed by atoms with Crippen LogP contribution in [0.4, 0.5) is 4.39 Å². The molecule has 0 aliphatic rings. The van der Waals surface area contributed by atoms with E-state index in [2.05, 4.69) is 15.6 Å². The van der Waals surface area contributed by atoms with Gasteiger partial charge in [-0.1, -0.05) is 24.3 Å². The smallest absolute Gasteiger partial charge is 0.191 e. The van der Waals surface area contributed by atoms with Gasteiger partial charge in [0.05, 0.1) is 6.54 Å². The molecule has 0 radical (unpaired) electrons. The standard InChI is InChI=1S/C19H24FN3O.HI/c1-3-21-19(22-10-9-15-5-4-6-17(24)11-15)23-13-16-8-7-14(2)18(20)12-16;/h4-8,11-12,24H,3,9-10,13H2,1-2H3,(H2,21,22,23);1H. The second kappa shape index (κ2) is 10.9. The summed E-state index contributed by atoms with van der Waals surface area (Å²) in [5, 5.41) is 15.9. The summed E-state index contributed by atoms with van der Waals surface area (Å²) in [6, 6.07) is 12.4. The number of hydrogen-bond donors (Lipinski definition) is 3. The molecule has 0 bridgehead atoms. The summed E-state index contributed by atoms with van der Waals surface area (Å²) >= 11 is 0. The zero-order valence-electron chi connectivity index (χ0n) is 14.6. The first-order valence-electron chi connectivity index (χ1n) is 8.13. The number of aliphatic imine (C=N–C) groups is 1. The van der Waals surface area contributed by atoms with Crippen molar-refractivity contribution in [3.63, 3.8) is 0 Å². The highest BCUT2D eigenvalue weighted by atomic mass is 127. The van der Waals surface area contributed by atoms with Gasteiger partial charge in [0.25, 0.3) is 0 Å². The Balaban J connectivity index is 0.00000312. The van der Waals surface area contributed by atoms with Gasteiger partial charge < -0.3 is 15.7 Å². The highest BCUT2D eigenvalue weighted by Gasteiger charge is 2.01. The van der Waals surface area contributed by atoms with Crippen LogP contribution in [0.3, 0.4) is 0 Å². The van der Waals surface area contributed by atoms with Gasteiger partial charge in [-0.2, -0.15) is 0 Å². The highest BCUT2D eigenvalue weighted by Crippen LogP contribution is 2.11. The number of aromatic hydroxyl groups is 1. The Morgan fingerprint density at radius 1 is 1.12 bits per heavy atom. The monoisotopic (exact) mass is 457 g/mol. The quantitative estimate of drug-likeness (QED) is 0.352. The first kappa shape index (κ1) is 21.2. The Kier molecular flexibility index (Phi) is 9.26. The van der Waals surface area contributed by atoms with Crippen molar-refractivity contribution in [1.29, 1.82) is 0 Å². The van der Waals surface area contributed by atoms with Crippen LogP contribution in [-0.2, 0) is 13.0 Å². The Bertz CT molecular complexity index is 707. The summed E-state index contributed by atoms with van der Waals surface area (Å²) in [5.74, 6) is 0.762. The summed E-state index contributed by atoms with van der Waals surface area (Å²) in [6.45, 7) is 5.60. The van der Waals surface area contributed by atoms with Crippen molar-refractivity contribution in [1.82, 2.24) is 10.6 Å². The summed E-state index contributed by atoms with van der Waals surface area (Å²) in [6.07, 6.45) is 0.776. The van der Waals surface area contributed by atoms with Crippen LogP contribution in [-0.4, -0.2) is 24.2 Å². The SMILES string of the molecule is CCNC(=NCc1ccc(C)c(F)c1)NCCc1cccc(O)c1.I. The van der Waals surface area contributed by atoms with Crippen molar-refractivity contribution >= 4 is 29.9 Å². The predicted octanol–water partition coefficient (Wildman–Crippen LogP) is 3.76. The molecule has 4 nitrogen and oxygen atoms in total. The van der Waals surface area contributed by atoms with E-state index in [1.165, 1.54) is 6.07 Å². The molecule has 136 valence electrons. The van der Waals surface area contributed by atoms with Gasteiger partial charge in [-0.3, -0.25) is 0 Å². The average Bonchev–Trinajstić information content (AvgIpc) is 2.56. The summed E-state index contributed by atoms with van der Waals surface area (Å²) in [5.41, 5.74) is 2.53. The summed E-state index contributed by atoms with van der Waals surface area (Å²) < 4.78 is 13.6. The van der Waals surface area contributed by atoms with Crippen LogP contribution >= 0.6 is 24.0 Å². The molecule has 2 rings (SSSR count).